The Morgan fingerprint density at radius 2 is 1.90 bits per heavy atom. The van der Waals surface area contributed by atoms with Gasteiger partial charge in [-0.25, -0.2) is 4.98 Å². The van der Waals surface area contributed by atoms with E-state index in [0.29, 0.717) is 11.8 Å². The van der Waals surface area contributed by atoms with Gasteiger partial charge in [0.25, 0.3) is 0 Å². The smallest absolute Gasteiger partial charge is 0.129 e. The Labute approximate surface area is 132 Å². The van der Waals surface area contributed by atoms with E-state index in [2.05, 4.69) is 69.1 Å². The Balaban J connectivity index is 2.28. The fraction of sp³-hybridized carbons (Fsp3) is 0.389. The molecule has 0 aliphatic heterocycles. The van der Waals surface area contributed by atoms with E-state index in [1.807, 2.05) is 0 Å². The van der Waals surface area contributed by atoms with E-state index >= 15 is 0 Å². The monoisotopic (exact) mass is 302 g/mol. The molecule has 2 rings (SSSR count). The molecule has 0 radical (unpaired) electrons. The van der Waals surface area contributed by atoms with Crippen molar-refractivity contribution in [2.75, 3.05) is 11.9 Å². The maximum atomic E-state index is 6.02. The average Bonchev–Trinajstić information content (AvgIpc) is 2.49. The molecule has 0 saturated heterocycles. The van der Waals surface area contributed by atoms with Crippen LogP contribution in [-0.2, 0) is 12.4 Å². The van der Waals surface area contributed by atoms with Gasteiger partial charge in [-0.05, 0) is 41.7 Å². The minimum absolute atomic E-state index is 0.402. The first kappa shape index (κ1) is 15.8. The number of halogens is 1. The van der Waals surface area contributed by atoms with Gasteiger partial charge in [0.05, 0.1) is 0 Å². The molecule has 1 heterocycles. The van der Waals surface area contributed by atoms with Gasteiger partial charge in [0, 0.05) is 25.2 Å². The number of aromatic nitrogens is 1. The van der Waals surface area contributed by atoms with Crippen molar-refractivity contribution in [1.82, 2.24) is 4.98 Å². The quantitative estimate of drug-likeness (QED) is 0.731. The second kappa shape index (κ2) is 6.95. The fourth-order valence-electron chi connectivity index (χ4n) is 2.29. The molecule has 0 bridgehead atoms. The number of rotatable bonds is 5. The van der Waals surface area contributed by atoms with E-state index in [-0.39, 0.29) is 0 Å². The van der Waals surface area contributed by atoms with Gasteiger partial charge in [-0.15, -0.1) is 11.6 Å². The third-order valence-corrected chi connectivity index (χ3v) is 4.01. The molecule has 0 fully saturated rings. The first-order valence-electron chi connectivity index (χ1n) is 7.33. The Hall–Kier alpha value is -1.54. The average molecular weight is 303 g/mol. The van der Waals surface area contributed by atoms with Gasteiger partial charge < -0.3 is 4.90 Å². The SMILES string of the molecule is Cc1ccccc1CN(C)c1cc(CCl)cc(C(C)C)n1. The summed E-state index contributed by atoms with van der Waals surface area (Å²) in [5, 5.41) is 0. The lowest BCUT2D eigenvalue weighted by atomic mass is 10.1. The molecule has 1 aromatic heterocycles. The van der Waals surface area contributed by atoms with Crippen LogP contribution < -0.4 is 4.90 Å². The third kappa shape index (κ3) is 3.98. The highest BCUT2D eigenvalue weighted by Gasteiger charge is 2.10. The van der Waals surface area contributed by atoms with Crippen LogP contribution in [0.15, 0.2) is 36.4 Å². The Morgan fingerprint density at radius 3 is 2.52 bits per heavy atom. The van der Waals surface area contributed by atoms with Gasteiger partial charge in [-0.1, -0.05) is 38.1 Å². The summed E-state index contributed by atoms with van der Waals surface area (Å²) in [5.74, 6) is 1.91. The zero-order chi connectivity index (χ0) is 15.4. The molecule has 0 aliphatic rings. The van der Waals surface area contributed by atoms with Gasteiger partial charge in [0.15, 0.2) is 0 Å². The van der Waals surface area contributed by atoms with E-state index in [1.165, 1.54) is 11.1 Å². The summed E-state index contributed by atoms with van der Waals surface area (Å²) in [6.07, 6.45) is 0. The first-order valence-corrected chi connectivity index (χ1v) is 7.87. The van der Waals surface area contributed by atoms with Gasteiger partial charge in [-0.2, -0.15) is 0 Å². The molecule has 0 amide bonds. The first-order chi connectivity index (χ1) is 10.0. The summed E-state index contributed by atoms with van der Waals surface area (Å²) >= 11 is 6.02. The van der Waals surface area contributed by atoms with Crippen LogP contribution in [0.2, 0.25) is 0 Å². The molecule has 112 valence electrons. The highest BCUT2D eigenvalue weighted by Crippen LogP contribution is 2.22. The van der Waals surface area contributed by atoms with Crippen molar-refractivity contribution in [2.45, 2.75) is 39.1 Å². The zero-order valence-electron chi connectivity index (χ0n) is 13.2. The van der Waals surface area contributed by atoms with Crippen molar-refractivity contribution in [1.29, 1.82) is 0 Å². The molecule has 0 atom stereocenters. The van der Waals surface area contributed by atoms with Gasteiger partial charge in [-0.3, -0.25) is 0 Å². The molecular weight excluding hydrogens is 280 g/mol. The van der Waals surface area contributed by atoms with Crippen molar-refractivity contribution in [2.24, 2.45) is 0 Å². The Morgan fingerprint density at radius 1 is 1.19 bits per heavy atom. The summed E-state index contributed by atoms with van der Waals surface area (Å²) in [5.41, 5.74) is 4.85. The second-order valence-electron chi connectivity index (χ2n) is 5.83. The summed E-state index contributed by atoms with van der Waals surface area (Å²) in [6, 6.07) is 12.6. The molecule has 0 spiro atoms. The van der Waals surface area contributed by atoms with E-state index in [4.69, 9.17) is 16.6 Å². The number of nitrogens with zero attached hydrogens (tertiary/aromatic N) is 2. The molecule has 2 aromatic rings. The number of hydrogen-bond donors (Lipinski definition) is 0. The molecule has 21 heavy (non-hydrogen) atoms. The van der Waals surface area contributed by atoms with Crippen LogP contribution in [0.25, 0.3) is 0 Å². The molecule has 0 unspecified atom stereocenters. The normalized spacial score (nSPS) is 11.0. The van der Waals surface area contributed by atoms with Crippen LogP contribution in [0.3, 0.4) is 0 Å². The van der Waals surface area contributed by atoms with Crippen LogP contribution in [0.4, 0.5) is 5.82 Å². The van der Waals surface area contributed by atoms with Gasteiger partial charge in [0.2, 0.25) is 0 Å². The summed E-state index contributed by atoms with van der Waals surface area (Å²) in [6.45, 7) is 7.31. The topological polar surface area (TPSA) is 16.1 Å². The lowest BCUT2D eigenvalue weighted by Crippen LogP contribution is -2.19. The largest absolute Gasteiger partial charge is 0.355 e. The number of anilines is 1. The number of benzene rings is 1. The van der Waals surface area contributed by atoms with Crippen LogP contribution >= 0.6 is 11.6 Å². The van der Waals surface area contributed by atoms with Crippen LogP contribution in [-0.4, -0.2) is 12.0 Å². The number of pyridine rings is 1. The minimum Gasteiger partial charge on any atom is -0.355 e. The van der Waals surface area contributed by atoms with E-state index in [1.54, 1.807) is 0 Å². The van der Waals surface area contributed by atoms with Crippen LogP contribution in [0.5, 0.6) is 0 Å². The highest BCUT2D eigenvalue weighted by atomic mass is 35.5. The van der Waals surface area contributed by atoms with Crippen molar-refractivity contribution < 1.29 is 0 Å². The van der Waals surface area contributed by atoms with Crippen molar-refractivity contribution >= 4 is 17.4 Å². The second-order valence-corrected chi connectivity index (χ2v) is 6.10. The standard InChI is InChI=1S/C18H23ClN2/c1-13(2)17-9-15(11-19)10-18(20-17)21(4)12-16-8-6-5-7-14(16)3/h5-10,13H,11-12H2,1-4H3. The summed E-state index contributed by atoms with van der Waals surface area (Å²) in [4.78, 5) is 6.96. The predicted molar refractivity (Wildman–Crippen MR) is 91.2 cm³/mol. The lowest BCUT2D eigenvalue weighted by Gasteiger charge is -2.21. The molecule has 3 heteroatoms. The maximum Gasteiger partial charge on any atom is 0.129 e. The van der Waals surface area contributed by atoms with Crippen LogP contribution in [0, 0.1) is 6.92 Å². The minimum atomic E-state index is 0.402. The summed E-state index contributed by atoms with van der Waals surface area (Å²) in [7, 11) is 2.08. The third-order valence-electron chi connectivity index (χ3n) is 3.70. The van der Waals surface area contributed by atoms with E-state index in [0.717, 1.165) is 23.6 Å². The van der Waals surface area contributed by atoms with Crippen LogP contribution in [0.1, 0.15) is 42.1 Å². The van der Waals surface area contributed by atoms with Crippen molar-refractivity contribution in [3.8, 4) is 0 Å². The lowest BCUT2D eigenvalue weighted by molar-refractivity contribution is 0.802. The Bertz CT molecular complexity index is 608. The Kier molecular flexibility index (Phi) is 5.24. The molecule has 0 aliphatic carbocycles. The molecular formula is C18H23ClN2. The zero-order valence-corrected chi connectivity index (χ0v) is 14.0. The van der Waals surface area contributed by atoms with E-state index < -0.39 is 0 Å². The van der Waals surface area contributed by atoms with Gasteiger partial charge >= 0.3 is 0 Å². The van der Waals surface area contributed by atoms with Crippen molar-refractivity contribution in [3.63, 3.8) is 0 Å². The van der Waals surface area contributed by atoms with Gasteiger partial charge in [0.1, 0.15) is 5.82 Å². The number of aryl methyl sites for hydroxylation is 1. The molecule has 1 aromatic carbocycles. The molecule has 2 nitrogen and oxygen atoms in total. The maximum absolute atomic E-state index is 6.02. The highest BCUT2D eigenvalue weighted by molar-refractivity contribution is 6.17. The number of hydrogen-bond acceptors (Lipinski definition) is 2. The number of alkyl halides is 1. The molecule has 0 N–H and O–H groups in total. The fourth-order valence-corrected chi connectivity index (χ4v) is 2.44. The predicted octanol–water partition coefficient (Wildman–Crippen LogP) is 4.89. The van der Waals surface area contributed by atoms with E-state index in [9.17, 15) is 0 Å². The summed E-state index contributed by atoms with van der Waals surface area (Å²) < 4.78 is 0. The molecule has 0 saturated carbocycles. The van der Waals surface area contributed by atoms with Crippen molar-refractivity contribution in [3.05, 3.63) is 58.8 Å².